The van der Waals surface area contributed by atoms with Crippen LogP contribution in [0.3, 0.4) is 0 Å². The lowest BCUT2D eigenvalue weighted by Gasteiger charge is -2.17. The van der Waals surface area contributed by atoms with Crippen LogP contribution in [0.4, 0.5) is 77.8 Å². The molecule has 0 aliphatic carbocycles. The summed E-state index contributed by atoms with van der Waals surface area (Å²) in [4.78, 5) is 90.9. The van der Waals surface area contributed by atoms with E-state index >= 15 is 0 Å². The Morgan fingerprint density at radius 3 is 1.02 bits per heavy atom. The Balaban J connectivity index is 0.000000153. The Morgan fingerprint density at radius 2 is 0.684 bits per heavy atom. The minimum atomic E-state index is -4.48. The average molecular weight is 1920 g/mol. The zero-order valence-electron chi connectivity index (χ0n) is 76.6. The van der Waals surface area contributed by atoms with Crippen molar-refractivity contribution in [1.29, 1.82) is 0 Å². The van der Waals surface area contributed by atoms with Crippen molar-refractivity contribution in [3.63, 3.8) is 0 Å². The Kier molecular flexibility index (Phi) is 31.3. The topological polar surface area (TPSA) is 323 Å². The lowest BCUT2D eigenvalue weighted by Crippen LogP contribution is -2.31. The number of thiophene rings is 1. The van der Waals surface area contributed by atoms with E-state index in [4.69, 9.17) is 31.3 Å². The lowest BCUT2D eigenvalue weighted by molar-refractivity contribution is -0.137. The maximum atomic E-state index is 12.8. The SMILES string of the molecule is CC(C)(C)c1nc(-c2ccncc2)c(-c2cccc(N(O)C(=O)Nc3ccc(C(F)(F)F)cc3)c2)s1.CC(C)(C)c1nc(-c2ccncn2)c(-c2cccc(N(O)C(=O)Nc3ccc(Cl)cc3)c2)s1.COc1ccc(NC(=O)N(O)c2cccc(-c3sc(C(C)(C)C)nc3-c3ccncc3)c2)cc1.Cc1ccc(NC(=O)N(O)c2cccc(-c3sc(C(C)(C)C)cc3-c3ccncc3)c2)cc1. The van der Waals surface area contributed by atoms with Gasteiger partial charge in [-0.3, -0.25) is 35.8 Å². The molecule has 16 aromatic rings. The van der Waals surface area contributed by atoms with Crippen LogP contribution in [-0.4, -0.2) is 91.9 Å². The Morgan fingerprint density at radius 1 is 0.360 bits per heavy atom. The van der Waals surface area contributed by atoms with Gasteiger partial charge in [-0.25, -0.2) is 44.1 Å². The number of aryl methyl sites for hydroxylation is 1. The van der Waals surface area contributed by atoms with E-state index in [9.17, 15) is 53.2 Å². The van der Waals surface area contributed by atoms with Gasteiger partial charge in [0.15, 0.2) is 0 Å². The van der Waals surface area contributed by atoms with E-state index in [-0.39, 0.29) is 33.0 Å². The van der Waals surface area contributed by atoms with Gasteiger partial charge < -0.3 is 26.0 Å². The summed E-state index contributed by atoms with van der Waals surface area (Å²) in [6.45, 7) is 27.5. The number of hydrogen-bond acceptors (Lipinski definition) is 21. The van der Waals surface area contributed by atoms with Crippen LogP contribution in [0.25, 0.3) is 86.8 Å². The number of thiazole rings is 3. The van der Waals surface area contributed by atoms with Gasteiger partial charge in [0.2, 0.25) is 0 Å². The molecule has 16 rings (SSSR count). The highest BCUT2D eigenvalue weighted by Crippen LogP contribution is 2.48. The van der Waals surface area contributed by atoms with Crippen molar-refractivity contribution in [3.05, 3.63) is 328 Å². The smallest absolute Gasteiger partial charge is 0.416 e. The first-order valence-corrected chi connectivity index (χ1v) is 46.2. The maximum absolute atomic E-state index is 12.8. The summed E-state index contributed by atoms with van der Waals surface area (Å²) in [5.74, 6) is 0.677. The highest BCUT2D eigenvalue weighted by atomic mass is 35.5. The van der Waals surface area contributed by atoms with Gasteiger partial charge in [-0.05, 0) is 222 Å². The molecule has 33 heteroatoms. The number of aromatic nitrogens is 8. The molecule has 0 saturated carbocycles. The molecule has 25 nitrogen and oxygen atoms in total. The second-order valence-electron chi connectivity index (χ2n) is 35.1. The molecule has 8 heterocycles. The van der Waals surface area contributed by atoms with Crippen molar-refractivity contribution >= 4 is 127 Å². The lowest BCUT2D eigenvalue weighted by atomic mass is 9.93. The largest absolute Gasteiger partial charge is 0.497 e. The van der Waals surface area contributed by atoms with Crippen LogP contribution >= 0.6 is 56.9 Å². The number of rotatable bonds is 17. The molecule has 0 aliphatic heterocycles. The molecular formula is C103H98ClF3N16O9S4. The molecule has 0 radical (unpaired) electrons. The fourth-order valence-corrected chi connectivity index (χ4v) is 17.9. The van der Waals surface area contributed by atoms with Crippen LogP contribution in [0.15, 0.2) is 292 Å². The zero-order valence-corrected chi connectivity index (χ0v) is 80.6. The molecule has 0 bridgehead atoms. The van der Waals surface area contributed by atoms with Gasteiger partial charge in [-0.1, -0.05) is 161 Å². The zero-order chi connectivity index (χ0) is 97.6. The second-order valence-corrected chi connectivity index (χ2v) is 39.6. The summed E-state index contributed by atoms with van der Waals surface area (Å²) in [5.41, 5.74) is 13.3. The van der Waals surface area contributed by atoms with Crippen LogP contribution in [0.1, 0.15) is 114 Å². The van der Waals surface area contributed by atoms with Gasteiger partial charge in [0.25, 0.3) is 0 Å². The number of carbonyl (C=O) groups is 4. The number of benzene rings is 8. The average Bonchev–Trinajstić information content (AvgIpc) is 1.65. The number of ether oxygens (including phenoxy) is 1. The number of amides is 8. The first-order valence-electron chi connectivity index (χ1n) is 42.5. The minimum absolute atomic E-state index is 0.000749. The highest BCUT2D eigenvalue weighted by Gasteiger charge is 2.33. The van der Waals surface area contributed by atoms with Crippen LogP contribution in [0.5, 0.6) is 5.75 Å². The number of alkyl halides is 3. The standard InChI is InChI=1S/C27H27N3O2S.C26H23F3N4O2S.C26H26N4O3S.C24H22ClN5O2S/c1-18-8-10-21(11-9-18)29-26(31)30(32)22-7-5-6-20(16-22)25-23(19-12-14-28-15-13-19)17-24(33-25)27(2,3)4;1-25(2,3)23-32-21(16-11-13-30-14-12-16)22(36-23)17-5-4-6-20(15-17)33(35)24(34)31-19-9-7-18(8-10-19)26(27,28)29;1-26(2,3)24-29-22(17-12-14-27-15-13-17)23(34-24)18-6-5-7-20(16-18)30(32)25(31)28-19-8-10-21(33-4)11-9-19;1-24(2,3)22-29-20(19-11-12-26-14-27-19)21(33-22)15-5-4-6-18(13-15)30(32)23(31)28-17-9-7-16(25)8-10-17/h5-17,32H,1-4H3,(H,29,31);4-15,35H,1-3H3,(H,31,34);5-16,32H,1-4H3,(H,28,31);4-14,32H,1-3H3,(H,28,31). The third-order valence-electron chi connectivity index (χ3n) is 20.4. The van der Waals surface area contributed by atoms with Crippen molar-refractivity contribution < 1.29 is 57.9 Å². The first kappa shape index (κ1) is 99.2. The summed E-state index contributed by atoms with van der Waals surface area (Å²) in [7, 11) is 1.57. The van der Waals surface area contributed by atoms with Gasteiger partial charge in [0.1, 0.15) is 17.8 Å². The normalized spacial score (nSPS) is 11.4. The number of halogens is 4. The maximum Gasteiger partial charge on any atom is 0.416 e. The molecule has 0 fully saturated rings. The van der Waals surface area contributed by atoms with E-state index in [1.54, 1.807) is 206 Å². The molecular weight excluding hydrogens is 1830 g/mol. The van der Waals surface area contributed by atoms with Crippen LogP contribution in [0.2, 0.25) is 5.02 Å². The summed E-state index contributed by atoms with van der Waals surface area (Å²) < 4.78 is 43.4. The summed E-state index contributed by atoms with van der Waals surface area (Å²) in [5, 5.41) is 58.4. The molecule has 0 saturated heterocycles. The van der Waals surface area contributed by atoms with Gasteiger partial charge in [-0.2, -0.15) is 33.4 Å². The van der Waals surface area contributed by atoms with Gasteiger partial charge in [0.05, 0.1) is 82.2 Å². The highest BCUT2D eigenvalue weighted by molar-refractivity contribution is 7.17. The second kappa shape index (κ2) is 42.9. The monoisotopic (exact) mass is 1920 g/mol. The van der Waals surface area contributed by atoms with E-state index in [1.165, 1.54) is 22.5 Å². The van der Waals surface area contributed by atoms with E-state index in [0.29, 0.717) is 70.8 Å². The predicted molar refractivity (Wildman–Crippen MR) is 538 cm³/mol. The quantitative estimate of drug-likeness (QED) is 0.0310. The minimum Gasteiger partial charge on any atom is -0.497 e. The van der Waals surface area contributed by atoms with Crippen LogP contribution in [0, 0.1) is 6.92 Å². The number of pyridine rings is 3. The summed E-state index contributed by atoms with van der Waals surface area (Å²) in [6.07, 6.45) is 9.11. The molecule has 136 heavy (non-hydrogen) atoms. The summed E-state index contributed by atoms with van der Waals surface area (Å²) in [6, 6.07) is 66.0. The number of nitrogens with one attached hydrogen (secondary N) is 4. The number of carbonyl (C=O) groups excluding carboxylic acids is 4. The van der Waals surface area contributed by atoms with E-state index in [2.05, 4.69) is 135 Å². The van der Waals surface area contributed by atoms with E-state index in [0.717, 1.165) is 126 Å². The molecule has 0 unspecified atom stereocenters. The van der Waals surface area contributed by atoms with Gasteiger partial charge in [0, 0.05) is 114 Å². The molecule has 0 atom stereocenters. The van der Waals surface area contributed by atoms with Gasteiger partial charge >= 0.3 is 30.3 Å². The fourth-order valence-electron chi connectivity index (χ4n) is 13.1. The number of methoxy groups -OCH3 is 1. The third-order valence-corrected chi connectivity index (χ3v) is 26.8. The molecule has 8 aromatic heterocycles. The number of hydrogen-bond donors (Lipinski definition) is 8. The van der Waals surface area contributed by atoms with E-state index < -0.39 is 35.9 Å². The number of anilines is 8. The van der Waals surface area contributed by atoms with Crippen molar-refractivity contribution in [2.45, 2.75) is 118 Å². The van der Waals surface area contributed by atoms with Crippen LogP contribution < -0.4 is 46.3 Å². The van der Waals surface area contributed by atoms with Crippen molar-refractivity contribution in [1.82, 2.24) is 39.9 Å². The number of urea groups is 4. The number of hydroxylamine groups is 4. The van der Waals surface area contributed by atoms with Crippen molar-refractivity contribution in [2.24, 2.45) is 0 Å². The predicted octanol–water partition coefficient (Wildman–Crippen LogP) is 28.4. The molecule has 0 aliphatic rings. The first-order chi connectivity index (χ1) is 64.6. The van der Waals surface area contributed by atoms with Crippen molar-refractivity contribution in [3.8, 4) is 92.5 Å². The summed E-state index contributed by atoms with van der Waals surface area (Å²) >= 11 is 12.3. The van der Waals surface area contributed by atoms with E-state index in [1.807, 2.05) is 97.9 Å². The fraction of sp³-hybridized carbons (Fsp3) is 0.184. The Labute approximate surface area is 806 Å². The Hall–Kier alpha value is -14.3. The molecule has 696 valence electrons. The third kappa shape index (κ3) is 25.4. The van der Waals surface area contributed by atoms with Crippen molar-refractivity contribution in [2.75, 3.05) is 48.6 Å². The van der Waals surface area contributed by atoms with Crippen LogP contribution in [-0.2, 0) is 27.8 Å². The molecule has 8 N–H and O–H groups in total. The Bertz CT molecular complexity index is 6620. The molecule has 8 aromatic carbocycles. The molecule has 0 spiro atoms. The molecule has 8 amide bonds. The number of nitrogens with zero attached hydrogens (tertiary/aromatic N) is 12. The van der Waals surface area contributed by atoms with Gasteiger partial charge in [-0.15, -0.1) is 45.3 Å².